The van der Waals surface area contributed by atoms with Crippen molar-refractivity contribution in [3.8, 4) is 0 Å². The minimum atomic E-state index is -0.158. The number of nitrogen functional groups attached to an aromatic ring is 1. The van der Waals surface area contributed by atoms with Gasteiger partial charge in [-0.25, -0.2) is 0 Å². The zero-order valence-corrected chi connectivity index (χ0v) is 12.1. The van der Waals surface area contributed by atoms with Crippen molar-refractivity contribution in [1.29, 1.82) is 0 Å². The average molecular weight is 323 g/mol. The second-order valence-electron chi connectivity index (χ2n) is 4.26. The molecule has 0 saturated carbocycles. The van der Waals surface area contributed by atoms with Gasteiger partial charge in [-0.1, -0.05) is 15.9 Å². The van der Waals surface area contributed by atoms with Crippen LogP contribution in [0.2, 0.25) is 0 Å². The summed E-state index contributed by atoms with van der Waals surface area (Å²) in [7, 11) is 1.87. The Bertz CT molecular complexity index is 594. The number of nitrogens with zero attached hydrogens (tertiary/aromatic N) is 2. The van der Waals surface area contributed by atoms with Gasteiger partial charge in [0.15, 0.2) is 0 Å². The molecule has 2 aromatic rings. The molecule has 1 aromatic heterocycles. The molecule has 1 heterocycles. The van der Waals surface area contributed by atoms with Gasteiger partial charge < -0.3 is 11.1 Å². The molecule has 0 aliphatic rings. The lowest BCUT2D eigenvalue weighted by Gasteiger charge is -2.07. The van der Waals surface area contributed by atoms with E-state index in [0.29, 0.717) is 17.8 Å². The predicted octanol–water partition coefficient (Wildman–Crippen LogP) is 1.74. The molecule has 0 spiro atoms. The van der Waals surface area contributed by atoms with Crippen LogP contribution in [0.15, 0.2) is 35.1 Å². The maximum atomic E-state index is 11.9. The normalized spacial score (nSPS) is 10.4. The van der Waals surface area contributed by atoms with Crippen molar-refractivity contribution in [2.45, 2.75) is 6.42 Å². The van der Waals surface area contributed by atoms with E-state index < -0.39 is 0 Å². The first kappa shape index (κ1) is 13.6. The van der Waals surface area contributed by atoms with E-state index in [1.807, 2.05) is 13.2 Å². The Morgan fingerprint density at radius 2 is 2.32 bits per heavy atom. The van der Waals surface area contributed by atoms with Gasteiger partial charge in [0.2, 0.25) is 0 Å². The highest BCUT2D eigenvalue weighted by molar-refractivity contribution is 9.10. The Kier molecular flexibility index (Phi) is 4.21. The minimum Gasteiger partial charge on any atom is -0.398 e. The highest BCUT2D eigenvalue weighted by Crippen LogP contribution is 2.18. The number of halogens is 1. The summed E-state index contributed by atoms with van der Waals surface area (Å²) in [5.74, 6) is -0.158. The molecule has 3 N–H and O–H groups in total. The van der Waals surface area contributed by atoms with Crippen LogP contribution < -0.4 is 11.1 Å². The number of aromatic nitrogens is 2. The summed E-state index contributed by atoms with van der Waals surface area (Å²) in [4.78, 5) is 11.9. The van der Waals surface area contributed by atoms with Crippen LogP contribution in [0.1, 0.15) is 15.9 Å². The van der Waals surface area contributed by atoms with Gasteiger partial charge in [-0.05, 0) is 30.2 Å². The molecule has 100 valence electrons. The molecule has 1 aromatic carbocycles. The molecule has 2 rings (SSSR count). The molecule has 0 saturated heterocycles. The summed E-state index contributed by atoms with van der Waals surface area (Å²) in [5.41, 5.74) is 7.85. The van der Waals surface area contributed by atoms with E-state index in [1.165, 1.54) is 0 Å². The molecule has 0 radical (unpaired) electrons. The Morgan fingerprint density at radius 1 is 1.53 bits per heavy atom. The number of carbonyl (C=O) groups excluding carboxylic acids is 1. The molecule has 0 unspecified atom stereocenters. The molecule has 0 fully saturated rings. The molecule has 6 heteroatoms. The first-order chi connectivity index (χ1) is 9.06. The summed E-state index contributed by atoms with van der Waals surface area (Å²) in [6.07, 6.45) is 4.47. The molecule has 19 heavy (non-hydrogen) atoms. The van der Waals surface area contributed by atoms with Gasteiger partial charge in [-0.3, -0.25) is 9.48 Å². The van der Waals surface area contributed by atoms with Crippen molar-refractivity contribution in [2.24, 2.45) is 7.05 Å². The van der Waals surface area contributed by atoms with Crippen molar-refractivity contribution in [2.75, 3.05) is 12.3 Å². The molecular weight excluding hydrogens is 308 g/mol. The van der Waals surface area contributed by atoms with Gasteiger partial charge in [-0.2, -0.15) is 5.10 Å². The third-order valence-electron chi connectivity index (χ3n) is 2.72. The van der Waals surface area contributed by atoms with Crippen LogP contribution in [0.3, 0.4) is 0 Å². The molecule has 0 aliphatic carbocycles. The van der Waals surface area contributed by atoms with E-state index in [4.69, 9.17) is 5.73 Å². The van der Waals surface area contributed by atoms with Crippen LogP contribution in [0.4, 0.5) is 5.69 Å². The number of benzene rings is 1. The van der Waals surface area contributed by atoms with Crippen LogP contribution in [-0.2, 0) is 13.5 Å². The number of nitrogens with one attached hydrogen (secondary N) is 1. The van der Waals surface area contributed by atoms with Crippen molar-refractivity contribution >= 4 is 27.5 Å². The Balaban J connectivity index is 1.90. The topological polar surface area (TPSA) is 72.9 Å². The quantitative estimate of drug-likeness (QED) is 0.842. The third kappa shape index (κ3) is 3.57. The van der Waals surface area contributed by atoms with E-state index in [1.54, 1.807) is 29.1 Å². The Labute approximate surface area is 119 Å². The lowest BCUT2D eigenvalue weighted by molar-refractivity contribution is 0.0955. The van der Waals surface area contributed by atoms with Crippen molar-refractivity contribution in [3.63, 3.8) is 0 Å². The van der Waals surface area contributed by atoms with Gasteiger partial charge in [0.25, 0.3) is 5.91 Å². The van der Waals surface area contributed by atoms with Crippen LogP contribution >= 0.6 is 15.9 Å². The largest absolute Gasteiger partial charge is 0.398 e. The average Bonchev–Trinajstić information content (AvgIpc) is 2.75. The molecule has 0 atom stereocenters. The maximum absolute atomic E-state index is 11.9. The van der Waals surface area contributed by atoms with E-state index >= 15 is 0 Å². The fraction of sp³-hybridized carbons (Fsp3) is 0.231. The van der Waals surface area contributed by atoms with Gasteiger partial charge in [-0.15, -0.1) is 0 Å². The minimum absolute atomic E-state index is 0.158. The number of nitrogens with two attached hydrogens (primary N) is 1. The van der Waals surface area contributed by atoms with Crippen molar-refractivity contribution in [1.82, 2.24) is 15.1 Å². The standard InChI is InChI=1S/C13H15BrN4O/c1-18-8-9(7-17-18)4-5-16-13(19)11-3-2-10(14)6-12(11)15/h2-3,6-8H,4-5,15H2,1H3,(H,16,19). The van der Waals surface area contributed by atoms with Crippen LogP contribution in [0.25, 0.3) is 0 Å². The summed E-state index contributed by atoms with van der Waals surface area (Å²) < 4.78 is 2.60. The fourth-order valence-electron chi connectivity index (χ4n) is 1.76. The number of aryl methyl sites for hydroxylation is 1. The first-order valence-electron chi connectivity index (χ1n) is 5.87. The number of rotatable bonds is 4. The van der Waals surface area contributed by atoms with E-state index in [9.17, 15) is 4.79 Å². The van der Waals surface area contributed by atoms with Crippen LogP contribution in [-0.4, -0.2) is 22.2 Å². The Hall–Kier alpha value is -1.82. The Morgan fingerprint density at radius 3 is 2.95 bits per heavy atom. The first-order valence-corrected chi connectivity index (χ1v) is 6.66. The summed E-state index contributed by atoms with van der Waals surface area (Å²) in [5, 5.41) is 6.92. The number of anilines is 1. The predicted molar refractivity (Wildman–Crippen MR) is 77.8 cm³/mol. The second-order valence-corrected chi connectivity index (χ2v) is 5.18. The SMILES string of the molecule is Cn1cc(CCNC(=O)c2ccc(Br)cc2N)cn1. The number of amides is 1. The number of carbonyl (C=O) groups is 1. The van der Waals surface area contributed by atoms with E-state index in [2.05, 4.69) is 26.3 Å². The molecular formula is C13H15BrN4O. The summed E-state index contributed by atoms with van der Waals surface area (Å²) >= 11 is 3.31. The lowest BCUT2D eigenvalue weighted by atomic mass is 10.1. The molecule has 0 aliphatic heterocycles. The second kappa shape index (κ2) is 5.88. The number of hydrogen-bond donors (Lipinski definition) is 2. The summed E-state index contributed by atoms with van der Waals surface area (Å²) in [6, 6.07) is 5.22. The van der Waals surface area contributed by atoms with Gasteiger partial charge in [0.05, 0.1) is 11.8 Å². The molecule has 0 bridgehead atoms. The lowest BCUT2D eigenvalue weighted by Crippen LogP contribution is -2.26. The summed E-state index contributed by atoms with van der Waals surface area (Å²) in [6.45, 7) is 0.556. The highest BCUT2D eigenvalue weighted by Gasteiger charge is 2.09. The van der Waals surface area contributed by atoms with Crippen molar-refractivity contribution in [3.05, 3.63) is 46.2 Å². The smallest absolute Gasteiger partial charge is 0.253 e. The van der Waals surface area contributed by atoms with E-state index in [0.717, 1.165) is 16.5 Å². The molecule has 1 amide bonds. The maximum Gasteiger partial charge on any atom is 0.253 e. The monoisotopic (exact) mass is 322 g/mol. The zero-order chi connectivity index (χ0) is 13.8. The fourth-order valence-corrected chi connectivity index (χ4v) is 2.14. The van der Waals surface area contributed by atoms with Gasteiger partial charge in [0.1, 0.15) is 0 Å². The van der Waals surface area contributed by atoms with Crippen LogP contribution in [0.5, 0.6) is 0 Å². The van der Waals surface area contributed by atoms with Gasteiger partial charge in [0, 0.05) is 29.9 Å². The van der Waals surface area contributed by atoms with E-state index in [-0.39, 0.29) is 5.91 Å². The molecule has 5 nitrogen and oxygen atoms in total. The zero-order valence-electron chi connectivity index (χ0n) is 10.6. The van der Waals surface area contributed by atoms with Gasteiger partial charge >= 0.3 is 0 Å². The van der Waals surface area contributed by atoms with Crippen LogP contribution in [0, 0.1) is 0 Å². The highest BCUT2D eigenvalue weighted by atomic mass is 79.9. The third-order valence-corrected chi connectivity index (χ3v) is 3.21. The number of hydrogen-bond acceptors (Lipinski definition) is 3. The van der Waals surface area contributed by atoms with Crippen molar-refractivity contribution < 1.29 is 4.79 Å².